The number of aromatic nitrogens is 2. The molecule has 0 spiro atoms. The van der Waals surface area contributed by atoms with Crippen LogP contribution in [0.3, 0.4) is 0 Å². The summed E-state index contributed by atoms with van der Waals surface area (Å²) in [4.78, 5) is 8.26. The van der Waals surface area contributed by atoms with Gasteiger partial charge in [0.1, 0.15) is 5.82 Å². The maximum atomic E-state index is 9.26. The summed E-state index contributed by atoms with van der Waals surface area (Å²) in [6.07, 6.45) is 1.39. The van der Waals surface area contributed by atoms with Crippen molar-refractivity contribution in [1.29, 1.82) is 0 Å². The lowest BCUT2D eigenvalue weighted by molar-refractivity contribution is 0.152. The SMILES string of the molecule is Cc1nccc(CNC(C)C(C)O)n1. The molecule has 0 aliphatic carbocycles. The zero-order valence-electron chi connectivity index (χ0n) is 8.86. The predicted octanol–water partition coefficient (Wildman–Crippen LogP) is 0.644. The minimum Gasteiger partial charge on any atom is -0.392 e. The summed E-state index contributed by atoms with van der Waals surface area (Å²) in [7, 11) is 0. The van der Waals surface area contributed by atoms with Crippen LogP contribution in [0.5, 0.6) is 0 Å². The number of aryl methyl sites for hydroxylation is 1. The van der Waals surface area contributed by atoms with E-state index in [1.807, 2.05) is 19.9 Å². The third-order valence-corrected chi connectivity index (χ3v) is 2.16. The van der Waals surface area contributed by atoms with Gasteiger partial charge in [0.2, 0.25) is 0 Å². The minimum absolute atomic E-state index is 0.0743. The lowest BCUT2D eigenvalue weighted by atomic mass is 10.2. The van der Waals surface area contributed by atoms with Gasteiger partial charge in [0.05, 0.1) is 11.8 Å². The van der Waals surface area contributed by atoms with Crippen molar-refractivity contribution in [3.8, 4) is 0 Å². The molecule has 0 amide bonds. The average molecular weight is 195 g/mol. The first-order chi connectivity index (χ1) is 6.59. The Morgan fingerprint density at radius 2 is 2.21 bits per heavy atom. The van der Waals surface area contributed by atoms with Crippen LogP contribution in [-0.4, -0.2) is 27.2 Å². The quantitative estimate of drug-likeness (QED) is 0.740. The van der Waals surface area contributed by atoms with Gasteiger partial charge in [-0.25, -0.2) is 9.97 Å². The summed E-state index contributed by atoms with van der Waals surface area (Å²) in [5.74, 6) is 0.772. The molecule has 4 nitrogen and oxygen atoms in total. The van der Waals surface area contributed by atoms with Gasteiger partial charge < -0.3 is 10.4 Å². The summed E-state index contributed by atoms with van der Waals surface area (Å²) in [5, 5.41) is 12.4. The Bertz CT molecular complexity index is 288. The highest BCUT2D eigenvalue weighted by molar-refractivity contribution is 5.01. The molecule has 0 saturated heterocycles. The molecular weight excluding hydrogens is 178 g/mol. The number of nitrogens with zero attached hydrogens (tertiary/aromatic N) is 2. The summed E-state index contributed by atoms with van der Waals surface area (Å²) >= 11 is 0. The van der Waals surface area contributed by atoms with Gasteiger partial charge in [-0.15, -0.1) is 0 Å². The van der Waals surface area contributed by atoms with Crippen molar-refractivity contribution in [2.45, 2.75) is 39.5 Å². The van der Waals surface area contributed by atoms with Crippen molar-refractivity contribution in [3.63, 3.8) is 0 Å². The summed E-state index contributed by atoms with van der Waals surface area (Å²) < 4.78 is 0. The molecule has 1 aromatic heterocycles. The van der Waals surface area contributed by atoms with Crippen LogP contribution in [0.4, 0.5) is 0 Å². The van der Waals surface area contributed by atoms with E-state index < -0.39 is 0 Å². The number of aliphatic hydroxyl groups is 1. The molecule has 0 fully saturated rings. The van der Waals surface area contributed by atoms with E-state index in [0.717, 1.165) is 11.5 Å². The van der Waals surface area contributed by atoms with E-state index in [-0.39, 0.29) is 12.1 Å². The van der Waals surface area contributed by atoms with Crippen LogP contribution < -0.4 is 5.32 Å². The van der Waals surface area contributed by atoms with Gasteiger partial charge in [0, 0.05) is 18.8 Å². The zero-order valence-corrected chi connectivity index (χ0v) is 8.86. The van der Waals surface area contributed by atoms with Crippen LogP contribution in [-0.2, 0) is 6.54 Å². The fraction of sp³-hybridized carbons (Fsp3) is 0.600. The molecule has 0 aliphatic heterocycles. The second kappa shape index (κ2) is 5.02. The number of hydrogen-bond donors (Lipinski definition) is 2. The van der Waals surface area contributed by atoms with Crippen molar-refractivity contribution in [2.24, 2.45) is 0 Å². The summed E-state index contributed by atoms with van der Waals surface area (Å²) in [6, 6.07) is 1.94. The minimum atomic E-state index is -0.349. The lowest BCUT2D eigenvalue weighted by Gasteiger charge is -2.15. The summed E-state index contributed by atoms with van der Waals surface area (Å²) in [5.41, 5.74) is 0.949. The highest BCUT2D eigenvalue weighted by atomic mass is 16.3. The molecule has 1 rings (SSSR count). The Balaban J connectivity index is 2.45. The lowest BCUT2D eigenvalue weighted by Crippen LogP contribution is -2.35. The van der Waals surface area contributed by atoms with E-state index in [4.69, 9.17) is 0 Å². The van der Waals surface area contributed by atoms with Gasteiger partial charge >= 0.3 is 0 Å². The topological polar surface area (TPSA) is 58.0 Å². The van der Waals surface area contributed by atoms with Gasteiger partial charge in [-0.05, 0) is 26.8 Å². The van der Waals surface area contributed by atoms with E-state index in [2.05, 4.69) is 15.3 Å². The van der Waals surface area contributed by atoms with Crippen LogP contribution in [0, 0.1) is 6.92 Å². The van der Waals surface area contributed by atoms with E-state index >= 15 is 0 Å². The smallest absolute Gasteiger partial charge is 0.125 e. The van der Waals surface area contributed by atoms with Gasteiger partial charge in [0.15, 0.2) is 0 Å². The second-order valence-corrected chi connectivity index (χ2v) is 3.51. The van der Waals surface area contributed by atoms with Gasteiger partial charge in [0.25, 0.3) is 0 Å². The Labute approximate surface area is 84.4 Å². The monoisotopic (exact) mass is 195 g/mol. The van der Waals surface area contributed by atoms with Crippen LogP contribution in [0.25, 0.3) is 0 Å². The molecule has 0 aliphatic rings. The van der Waals surface area contributed by atoms with Crippen molar-refractivity contribution >= 4 is 0 Å². The van der Waals surface area contributed by atoms with E-state index in [0.29, 0.717) is 6.54 Å². The van der Waals surface area contributed by atoms with E-state index in [1.165, 1.54) is 0 Å². The number of rotatable bonds is 4. The van der Waals surface area contributed by atoms with Crippen LogP contribution in [0.2, 0.25) is 0 Å². The molecule has 14 heavy (non-hydrogen) atoms. The van der Waals surface area contributed by atoms with Crippen molar-refractivity contribution in [3.05, 3.63) is 23.8 Å². The van der Waals surface area contributed by atoms with Crippen molar-refractivity contribution in [1.82, 2.24) is 15.3 Å². The highest BCUT2D eigenvalue weighted by Crippen LogP contribution is 1.97. The average Bonchev–Trinajstić information content (AvgIpc) is 2.14. The molecule has 78 valence electrons. The Morgan fingerprint density at radius 3 is 2.79 bits per heavy atom. The largest absolute Gasteiger partial charge is 0.392 e. The number of hydrogen-bond acceptors (Lipinski definition) is 4. The molecule has 0 bridgehead atoms. The number of nitrogens with one attached hydrogen (secondary N) is 1. The maximum Gasteiger partial charge on any atom is 0.125 e. The van der Waals surface area contributed by atoms with Crippen LogP contribution in [0.1, 0.15) is 25.4 Å². The first kappa shape index (κ1) is 11.1. The Kier molecular flexibility index (Phi) is 3.98. The molecule has 1 aromatic rings. The maximum absolute atomic E-state index is 9.26. The molecule has 0 radical (unpaired) electrons. The Hall–Kier alpha value is -1.00. The molecule has 2 N–H and O–H groups in total. The molecule has 0 aromatic carbocycles. The third-order valence-electron chi connectivity index (χ3n) is 2.16. The third kappa shape index (κ3) is 3.40. The molecular formula is C10H17N3O. The summed E-state index contributed by atoms with van der Waals surface area (Å²) in [6.45, 7) is 6.23. The van der Waals surface area contributed by atoms with E-state index in [9.17, 15) is 5.11 Å². The van der Waals surface area contributed by atoms with E-state index in [1.54, 1.807) is 13.1 Å². The predicted molar refractivity (Wildman–Crippen MR) is 54.8 cm³/mol. The molecule has 2 atom stereocenters. The highest BCUT2D eigenvalue weighted by Gasteiger charge is 2.07. The molecule has 1 heterocycles. The van der Waals surface area contributed by atoms with Gasteiger partial charge in [-0.1, -0.05) is 0 Å². The second-order valence-electron chi connectivity index (χ2n) is 3.51. The molecule has 2 unspecified atom stereocenters. The first-order valence-corrected chi connectivity index (χ1v) is 4.79. The van der Waals surface area contributed by atoms with Crippen LogP contribution >= 0.6 is 0 Å². The normalized spacial score (nSPS) is 15.1. The van der Waals surface area contributed by atoms with Crippen molar-refractivity contribution in [2.75, 3.05) is 0 Å². The zero-order chi connectivity index (χ0) is 10.6. The fourth-order valence-electron chi connectivity index (χ4n) is 1.04. The Morgan fingerprint density at radius 1 is 1.50 bits per heavy atom. The van der Waals surface area contributed by atoms with Gasteiger partial charge in [-0.2, -0.15) is 0 Å². The van der Waals surface area contributed by atoms with Gasteiger partial charge in [-0.3, -0.25) is 0 Å². The first-order valence-electron chi connectivity index (χ1n) is 4.79. The number of aliphatic hydroxyl groups excluding tert-OH is 1. The van der Waals surface area contributed by atoms with Crippen LogP contribution in [0.15, 0.2) is 12.3 Å². The molecule has 0 saturated carbocycles. The molecule has 4 heteroatoms. The fourth-order valence-corrected chi connectivity index (χ4v) is 1.04. The standard InChI is InChI=1S/C10H17N3O/c1-7(8(2)14)12-6-10-4-5-11-9(3)13-10/h4-5,7-8,12,14H,6H2,1-3H3. The van der Waals surface area contributed by atoms with Crippen molar-refractivity contribution < 1.29 is 5.11 Å².